The van der Waals surface area contributed by atoms with Crippen LogP contribution in [0.4, 0.5) is 0 Å². The molecule has 1 aliphatic carbocycles. The fraction of sp³-hybridized carbons (Fsp3) is 0.545. The minimum Gasteiger partial charge on any atom is -0.346 e. The zero-order valence-corrected chi connectivity index (χ0v) is 9.94. The first-order valence-corrected chi connectivity index (χ1v) is 6.12. The number of amides is 1. The minimum atomic E-state index is -0.209. The number of rotatable bonds is 2. The van der Waals surface area contributed by atoms with Crippen LogP contribution in [0.3, 0.4) is 0 Å². The maximum Gasteiger partial charge on any atom is 0.289 e. The van der Waals surface area contributed by atoms with Crippen LogP contribution in [-0.4, -0.2) is 34.5 Å². The Hall–Kier alpha value is -1.20. The van der Waals surface area contributed by atoms with Crippen molar-refractivity contribution in [2.45, 2.75) is 24.9 Å². The number of halogens is 1. The Balaban J connectivity index is 1.65. The third kappa shape index (κ3) is 2.12. The number of piperidine rings is 1. The quantitative estimate of drug-likeness (QED) is 0.809. The van der Waals surface area contributed by atoms with Gasteiger partial charge in [-0.3, -0.25) is 4.79 Å². The van der Waals surface area contributed by atoms with Gasteiger partial charge < -0.3 is 10.6 Å². The van der Waals surface area contributed by atoms with Crippen molar-refractivity contribution in [1.29, 1.82) is 0 Å². The second kappa shape index (κ2) is 4.23. The molecular formula is C11H13ClN4O. The summed E-state index contributed by atoms with van der Waals surface area (Å²) in [6.45, 7) is 0.997. The van der Waals surface area contributed by atoms with E-state index >= 15 is 0 Å². The lowest BCUT2D eigenvalue weighted by molar-refractivity contribution is 0.0914. The van der Waals surface area contributed by atoms with Crippen molar-refractivity contribution < 1.29 is 4.79 Å². The van der Waals surface area contributed by atoms with Gasteiger partial charge in [-0.1, -0.05) is 11.6 Å². The number of nitrogens with zero attached hydrogens (tertiary/aromatic N) is 2. The zero-order valence-electron chi connectivity index (χ0n) is 9.19. The lowest BCUT2D eigenvalue weighted by Crippen LogP contribution is -2.44. The van der Waals surface area contributed by atoms with E-state index in [0.717, 1.165) is 19.4 Å². The fourth-order valence-electron chi connectivity index (χ4n) is 2.67. The summed E-state index contributed by atoms with van der Waals surface area (Å²) in [6, 6.07) is 0.824. The molecule has 3 rings (SSSR count). The number of fused-ring (bicyclic) bond motifs is 2. The molecule has 5 nitrogen and oxygen atoms in total. The third-order valence-electron chi connectivity index (χ3n) is 3.50. The van der Waals surface area contributed by atoms with Crippen molar-refractivity contribution in [3.8, 4) is 0 Å². The summed E-state index contributed by atoms with van der Waals surface area (Å²) in [7, 11) is 0. The molecule has 3 atom stereocenters. The van der Waals surface area contributed by atoms with E-state index in [-0.39, 0.29) is 17.8 Å². The Morgan fingerprint density at radius 2 is 2.18 bits per heavy atom. The van der Waals surface area contributed by atoms with Crippen LogP contribution in [0.25, 0.3) is 0 Å². The van der Waals surface area contributed by atoms with Gasteiger partial charge in [0.2, 0.25) is 5.82 Å². The standard InChI is InChI=1S/C11H13ClN4O/c12-7-4-14-10(15-5-7)11(17)16-9-2-8-1-6(9)3-13-8/h4-6,8-9,13H,1-3H2,(H,16,17). The normalized spacial score (nSPS) is 30.5. The topological polar surface area (TPSA) is 66.9 Å². The van der Waals surface area contributed by atoms with Gasteiger partial charge >= 0.3 is 0 Å². The van der Waals surface area contributed by atoms with E-state index in [9.17, 15) is 4.79 Å². The summed E-state index contributed by atoms with van der Waals surface area (Å²) in [5, 5.41) is 6.84. The highest BCUT2D eigenvalue weighted by Crippen LogP contribution is 2.31. The summed E-state index contributed by atoms with van der Waals surface area (Å²) in [6.07, 6.45) is 5.04. The predicted molar refractivity (Wildman–Crippen MR) is 62.8 cm³/mol. The Labute approximate surface area is 104 Å². The number of hydrogen-bond donors (Lipinski definition) is 2. The van der Waals surface area contributed by atoms with Gasteiger partial charge in [0.1, 0.15) is 0 Å². The molecule has 0 aromatic carbocycles. The zero-order chi connectivity index (χ0) is 11.8. The molecule has 2 aliphatic rings. The molecule has 3 unspecified atom stereocenters. The highest BCUT2D eigenvalue weighted by atomic mass is 35.5. The average Bonchev–Trinajstić information content (AvgIpc) is 2.91. The van der Waals surface area contributed by atoms with Crippen molar-refractivity contribution in [2.75, 3.05) is 6.54 Å². The smallest absolute Gasteiger partial charge is 0.289 e. The highest BCUT2D eigenvalue weighted by molar-refractivity contribution is 6.30. The van der Waals surface area contributed by atoms with Crippen LogP contribution in [-0.2, 0) is 0 Å². The first-order chi connectivity index (χ1) is 8.22. The van der Waals surface area contributed by atoms with Crippen molar-refractivity contribution >= 4 is 17.5 Å². The van der Waals surface area contributed by atoms with E-state index in [1.165, 1.54) is 12.4 Å². The molecule has 2 bridgehead atoms. The summed E-state index contributed by atoms with van der Waals surface area (Å²) in [4.78, 5) is 19.7. The molecule has 0 radical (unpaired) electrons. The van der Waals surface area contributed by atoms with Crippen molar-refractivity contribution in [1.82, 2.24) is 20.6 Å². The number of hydrogen-bond acceptors (Lipinski definition) is 4. The van der Waals surface area contributed by atoms with Crippen molar-refractivity contribution in [3.63, 3.8) is 0 Å². The average molecular weight is 253 g/mol. The number of nitrogens with one attached hydrogen (secondary N) is 2. The Morgan fingerprint density at radius 1 is 1.41 bits per heavy atom. The van der Waals surface area contributed by atoms with E-state index in [1.807, 2.05) is 0 Å². The van der Waals surface area contributed by atoms with Crippen LogP contribution in [0, 0.1) is 5.92 Å². The van der Waals surface area contributed by atoms with Crippen LogP contribution in [0.15, 0.2) is 12.4 Å². The maximum atomic E-state index is 11.9. The first kappa shape index (κ1) is 10.9. The molecule has 1 amide bonds. The summed E-state index contributed by atoms with van der Waals surface area (Å²) in [5.74, 6) is 0.528. The number of carbonyl (C=O) groups excluding carboxylic acids is 1. The molecule has 17 heavy (non-hydrogen) atoms. The molecule has 2 N–H and O–H groups in total. The van der Waals surface area contributed by atoms with E-state index in [2.05, 4.69) is 20.6 Å². The van der Waals surface area contributed by atoms with Gasteiger partial charge in [0, 0.05) is 31.0 Å². The second-order valence-corrected chi connectivity index (χ2v) is 5.08. The molecule has 1 saturated heterocycles. The number of aromatic nitrogens is 2. The summed E-state index contributed by atoms with van der Waals surface area (Å²) < 4.78 is 0. The molecule has 6 heteroatoms. The molecule has 2 fully saturated rings. The highest BCUT2D eigenvalue weighted by Gasteiger charge is 2.40. The van der Waals surface area contributed by atoms with Gasteiger partial charge in [0.25, 0.3) is 5.91 Å². The monoisotopic (exact) mass is 252 g/mol. The van der Waals surface area contributed by atoms with E-state index in [1.54, 1.807) is 0 Å². The molecule has 1 aromatic heterocycles. The SMILES string of the molecule is O=C(NC1CC2CC1CN2)c1ncc(Cl)cn1. The van der Waals surface area contributed by atoms with Gasteiger partial charge in [0.15, 0.2) is 0 Å². The summed E-state index contributed by atoms with van der Waals surface area (Å²) >= 11 is 5.67. The molecule has 1 aliphatic heterocycles. The Morgan fingerprint density at radius 3 is 2.76 bits per heavy atom. The number of carbonyl (C=O) groups is 1. The lowest BCUT2D eigenvalue weighted by Gasteiger charge is -2.23. The van der Waals surface area contributed by atoms with Crippen molar-refractivity contribution in [2.24, 2.45) is 5.92 Å². The molecule has 1 aromatic rings. The summed E-state index contributed by atoms with van der Waals surface area (Å²) in [5.41, 5.74) is 0. The van der Waals surface area contributed by atoms with Crippen LogP contribution in [0.5, 0.6) is 0 Å². The Kier molecular flexibility index (Phi) is 2.72. The molecule has 90 valence electrons. The van der Waals surface area contributed by atoms with Crippen molar-refractivity contribution in [3.05, 3.63) is 23.2 Å². The van der Waals surface area contributed by atoms with Gasteiger partial charge in [-0.15, -0.1) is 0 Å². The van der Waals surface area contributed by atoms with E-state index in [0.29, 0.717) is 17.0 Å². The molecule has 0 spiro atoms. The molecule has 1 saturated carbocycles. The maximum absolute atomic E-state index is 11.9. The van der Waals surface area contributed by atoms with Crippen LogP contribution < -0.4 is 10.6 Å². The Bertz CT molecular complexity index is 436. The van der Waals surface area contributed by atoms with E-state index < -0.39 is 0 Å². The van der Waals surface area contributed by atoms with Gasteiger partial charge in [-0.2, -0.15) is 0 Å². The van der Waals surface area contributed by atoms with Crippen LogP contribution in [0.2, 0.25) is 5.02 Å². The fourth-order valence-corrected chi connectivity index (χ4v) is 2.77. The van der Waals surface area contributed by atoms with Gasteiger partial charge in [0.05, 0.1) is 5.02 Å². The van der Waals surface area contributed by atoms with E-state index in [4.69, 9.17) is 11.6 Å². The minimum absolute atomic E-state index is 0.185. The second-order valence-electron chi connectivity index (χ2n) is 4.64. The van der Waals surface area contributed by atoms with Crippen LogP contribution in [0.1, 0.15) is 23.5 Å². The predicted octanol–water partition coefficient (Wildman–Crippen LogP) is 0.610. The van der Waals surface area contributed by atoms with Gasteiger partial charge in [-0.25, -0.2) is 9.97 Å². The lowest BCUT2D eigenvalue weighted by atomic mass is 10.0. The van der Waals surface area contributed by atoms with Gasteiger partial charge in [-0.05, 0) is 18.8 Å². The third-order valence-corrected chi connectivity index (χ3v) is 3.70. The largest absolute Gasteiger partial charge is 0.346 e. The molecule has 2 heterocycles. The molecular weight excluding hydrogens is 240 g/mol. The first-order valence-electron chi connectivity index (χ1n) is 5.74. The van der Waals surface area contributed by atoms with Crippen LogP contribution >= 0.6 is 11.6 Å².